The highest BCUT2D eigenvalue weighted by Crippen LogP contribution is 2.31. The minimum Gasteiger partial charge on any atom is -0.479 e. The predicted octanol–water partition coefficient (Wildman–Crippen LogP) is 2.50. The number of benzene rings is 1. The molecule has 0 fully saturated rings. The molecule has 2 aromatic rings. The highest BCUT2D eigenvalue weighted by molar-refractivity contribution is 6.32. The zero-order valence-corrected chi connectivity index (χ0v) is 13.6. The first-order valence-corrected chi connectivity index (χ1v) is 7.03. The van der Waals surface area contributed by atoms with E-state index in [0.717, 1.165) is 6.07 Å². The van der Waals surface area contributed by atoms with Gasteiger partial charge in [-0.25, -0.2) is 13.8 Å². The van der Waals surface area contributed by atoms with Crippen molar-refractivity contribution in [1.82, 2.24) is 9.13 Å². The number of halogens is 6. The van der Waals surface area contributed by atoms with Crippen LogP contribution in [0.25, 0.3) is 5.69 Å². The van der Waals surface area contributed by atoms with Gasteiger partial charge in [0.25, 0.3) is 5.56 Å². The maximum Gasteiger partial charge on any atom is 0.434 e. The maximum absolute atomic E-state index is 14.2. The van der Waals surface area contributed by atoms with Crippen LogP contribution in [-0.4, -0.2) is 15.7 Å². The molecule has 1 aromatic heterocycles. The van der Waals surface area contributed by atoms with Crippen LogP contribution in [0.4, 0.5) is 22.0 Å². The van der Waals surface area contributed by atoms with E-state index in [2.05, 4.69) is 5.92 Å². The summed E-state index contributed by atoms with van der Waals surface area (Å²) in [5.41, 5.74) is -6.53. The topological polar surface area (TPSA) is 53.2 Å². The van der Waals surface area contributed by atoms with Crippen LogP contribution >= 0.6 is 11.6 Å². The third kappa shape index (κ3) is 3.30. The van der Waals surface area contributed by atoms with Crippen molar-refractivity contribution >= 4 is 11.6 Å². The van der Waals surface area contributed by atoms with Crippen molar-refractivity contribution in [2.24, 2.45) is 7.05 Å². The van der Waals surface area contributed by atoms with Gasteiger partial charge in [0.1, 0.15) is 18.2 Å². The second-order valence-electron chi connectivity index (χ2n) is 4.87. The van der Waals surface area contributed by atoms with Crippen LogP contribution in [0.1, 0.15) is 5.69 Å². The Bertz CT molecular complexity index is 997. The molecule has 0 spiro atoms. The number of aromatic nitrogens is 2. The van der Waals surface area contributed by atoms with Gasteiger partial charge in [-0.1, -0.05) is 17.5 Å². The molecule has 11 heteroatoms. The molecular formula is C15H8ClF5N2O3. The van der Waals surface area contributed by atoms with Gasteiger partial charge >= 0.3 is 11.9 Å². The van der Waals surface area contributed by atoms with Crippen molar-refractivity contribution in [2.45, 2.75) is 6.18 Å². The SMILES string of the molecule is C#CCOc1cc(-n2c(=O)c(F)c(C(F)(F)F)n(C)c2=O)c(F)cc1Cl. The molecule has 1 aromatic carbocycles. The Labute approximate surface area is 147 Å². The van der Waals surface area contributed by atoms with Gasteiger partial charge in [0.2, 0.25) is 5.82 Å². The monoisotopic (exact) mass is 394 g/mol. The van der Waals surface area contributed by atoms with E-state index in [1.165, 1.54) is 0 Å². The zero-order valence-electron chi connectivity index (χ0n) is 12.8. The molecule has 0 aliphatic rings. The molecule has 0 aliphatic heterocycles. The summed E-state index contributed by atoms with van der Waals surface area (Å²) in [6.07, 6.45) is -0.316. The Kier molecular flexibility index (Phi) is 5.13. The van der Waals surface area contributed by atoms with Gasteiger partial charge < -0.3 is 4.74 Å². The number of ether oxygens (including phenoxy) is 1. The summed E-state index contributed by atoms with van der Waals surface area (Å²) < 4.78 is 71.5. The van der Waals surface area contributed by atoms with Crippen LogP contribution in [0.15, 0.2) is 21.7 Å². The third-order valence-corrected chi connectivity index (χ3v) is 3.53. The first-order valence-electron chi connectivity index (χ1n) is 6.65. The average Bonchev–Trinajstić information content (AvgIpc) is 2.53. The summed E-state index contributed by atoms with van der Waals surface area (Å²) >= 11 is 5.72. The van der Waals surface area contributed by atoms with Crippen molar-refractivity contribution in [3.05, 3.63) is 55.3 Å². The number of nitrogens with zero attached hydrogens (tertiary/aromatic N) is 2. The molecular weight excluding hydrogens is 387 g/mol. The molecule has 5 nitrogen and oxygen atoms in total. The first kappa shape index (κ1) is 19.5. The van der Waals surface area contributed by atoms with Crippen molar-refractivity contribution < 1.29 is 26.7 Å². The van der Waals surface area contributed by atoms with E-state index < -0.39 is 40.4 Å². The van der Waals surface area contributed by atoms with Crippen LogP contribution < -0.4 is 16.0 Å². The van der Waals surface area contributed by atoms with E-state index in [-0.39, 0.29) is 26.5 Å². The molecule has 26 heavy (non-hydrogen) atoms. The molecule has 0 unspecified atom stereocenters. The van der Waals surface area contributed by atoms with E-state index in [9.17, 15) is 31.5 Å². The highest BCUT2D eigenvalue weighted by Gasteiger charge is 2.40. The number of rotatable bonds is 3. The van der Waals surface area contributed by atoms with Crippen LogP contribution in [-0.2, 0) is 13.2 Å². The first-order chi connectivity index (χ1) is 12.0. The smallest absolute Gasteiger partial charge is 0.434 e. The van der Waals surface area contributed by atoms with Gasteiger partial charge in [0, 0.05) is 13.1 Å². The number of hydrogen-bond acceptors (Lipinski definition) is 3. The normalized spacial score (nSPS) is 11.3. The van der Waals surface area contributed by atoms with Gasteiger partial charge in [-0.2, -0.15) is 17.6 Å². The molecule has 0 saturated carbocycles. The van der Waals surface area contributed by atoms with E-state index in [1.54, 1.807) is 0 Å². The molecule has 0 radical (unpaired) electrons. The second kappa shape index (κ2) is 6.84. The minimum absolute atomic E-state index is 0.0982. The summed E-state index contributed by atoms with van der Waals surface area (Å²) in [6.45, 7) is -0.306. The summed E-state index contributed by atoms with van der Waals surface area (Å²) in [5.74, 6) is -1.69. The molecule has 0 amide bonds. The average molecular weight is 395 g/mol. The van der Waals surface area contributed by atoms with Gasteiger partial charge in [0.05, 0.1) is 10.7 Å². The molecule has 0 saturated heterocycles. The summed E-state index contributed by atoms with van der Waals surface area (Å²) in [4.78, 5) is 24.1. The Morgan fingerprint density at radius 3 is 2.42 bits per heavy atom. The van der Waals surface area contributed by atoms with E-state index in [1.807, 2.05) is 0 Å². The van der Waals surface area contributed by atoms with Crippen LogP contribution in [0.3, 0.4) is 0 Å². The Balaban J connectivity index is 2.85. The van der Waals surface area contributed by atoms with Crippen molar-refractivity contribution in [2.75, 3.05) is 6.61 Å². The lowest BCUT2D eigenvalue weighted by Crippen LogP contribution is -2.43. The maximum atomic E-state index is 14.2. The number of alkyl halides is 3. The van der Waals surface area contributed by atoms with Crippen LogP contribution in [0, 0.1) is 24.0 Å². The molecule has 1 heterocycles. The summed E-state index contributed by atoms with van der Waals surface area (Å²) in [7, 11) is 0.591. The Hall–Kier alpha value is -2.80. The zero-order chi connectivity index (χ0) is 19.8. The fraction of sp³-hybridized carbons (Fsp3) is 0.200. The fourth-order valence-electron chi connectivity index (χ4n) is 2.13. The van der Waals surface area contributed by atoms with Crippen molar-refractivity contribution in [3.63, 3.8) is 0 Å². The Morgan fingerprint density at radius 2 is 1.88 bits per heavy atom. The van der Waals surface area contributed by atoms with E-state index in [0.29, 0.717) is 13.1 Å². The minimum atomic E-state index is -5.31. The van der Waals surface area contributed by atoms with Gasteiger partial charge in [-0.3, -0.25) is 9.36 Å². The molecule has 0 aliphatic carbocycles. The van der Waals surface area contributed by atoms with E-state index in [4.69, 9.17) is 22.8 Å². The molecule has 0 bridgehead atoms. The number of hydrogen-bond donors (Lipinski definition) is 0. The van der Waals surface area contributed by atoms with Gasteiger partial charge in [-0.05, 0) is 6.07 Å². The Morgan fingerprint density at radius 1 is 1.27 bits per heavy atom. The molecule has 138 valence electrons. The number of terminal acetylenes is 1. The van der Waals surface area contributed by atoms with Crippen LogP contribution in [0.5, 0.6) is 5.75 Å². The standard InChI is InChI=1S/C15H8ClF5N2O3/c1-3-4-26-10-6-9(8(17)5-7(10)16)23-13(24)11(18)12(15(19,20)21)22(2)14(23)25/h1,5-6H,4H2,2H3. The molecule has 0 N–H and O–H groups in total. The van der Waals surface area contributed by atoms with E-state index >= 15 is 0 Å². The largest absolute Gasteiger partial charge is 0.479 e. The van der Waals surface area contributed by atoms with Crippen LogP contribution in [0.2, 0.25) is 5.02 Å². The van der Waals surface area contributed by atoms with Gasteiger partial charge in [0.15, 0.2) is 5.69 Å². The van der Waals surface area contributed by atoms with Gasteiger partial charge in [-0.15, -0.1) is 6.42 Å². The predicted molar refractivity (Wildman–Crippen MR) is 81.5 cm³/mol. The second-order valence-corrected chi connectivity index (χ2v) is 5.28. The lowest BCUT2D eigenvalue weighted by Gasteiger charge is -2.16. The van der Waals surface area contributed by atoms with Crippen molar-refractivity contribution in [3.8, 4) is 23.8 Å². The fourth-order valence-corrected chi connectivity index (χ4v) is 2.33. The quantitative estimate of drug-likeness (QED) is 0.594. The lowest BCUT2D eigenvalue weighted by molar-refractivity contribution is -0.146. The summed E-state index contributed by atoms with van der Waals surface area (Å²) in [6, 6.07) is 1.40. The third-order valence-electron chi connectivity index (χ3n) is 3.23. The lowest BCUT2D eigenvalue weighted by atomic mass is 10.2. The summed E-state index contributed by atoms with van der Waals surface area (Å²) in [5, 5.41) is -0.279. The van der Waals surface area contributed by atoms with Crippen molar-refractivity contribution in [1.29, 1.82) is 0 Å². The highest BCUT2D eigenvalue weighted by atomic mass is 35.5. The molecule has 0 atom stereocenters. The molecule has 2 rings (SSSR count).